The molecule has 0 heterocycles. The molecule has 102 valence electrons. The number of hydrogen-bond acceptors (Lipinski definition) is 3. The summed E-state index contributed by atoms with van der Waals surface area (Å²) in [6, 6.07) is -1.77. The van der Waals surface area contributed by atoms with Crippen LogP contribution in [0.25, 0.3) is 0 Å². The topological polar surface area (TPSA) is 108 Å². The number of nitrogens with one attached hydrogen (secondary N) is 3. The maximum absolute atomic E-state index is 11.3. The van der Waals surface area contributed by atoms with Crippen molar-refractivity contribution in [1.82, 2.24) is 16.0 Å². The lowest BCUT2D eigenvalue weighted by atomic mass is 10.2. The Morgan fingerprint density at radius 2 is 1.89 bits per heavy atom. The molecule has 7 nitrogen and oxygen atoms in total. The second kappa shape index (κ2) is 8.10. The van der Waals surface area contributed by atoms with Crippen LogP contribution in [-0.4, -0.2) is 41.6 Å². The van der Waals surface area contributed by atoms with Crippen LogP contribution in [0.15, 0.2) is 12.7 Å². The van der Waals surface area contributed by atoms with Gasteiger partial charge in [-0.3, -0.25) is 4.79 Å². The molecule has 0 rings (SSSR count). The van der Waals surface area contributed by atoms with Crippen LogP contribution in [0.5, 0.6) is 0 Å². The highest BCUT2D eigenvalue weighted by Crippen LogP contribution is 1.92. The average molecular weight is 257 g/mol. The molecule has 0 radical (unpaired) electrons. The molecule has 7 heteroatoms. The largest absolute Gasteiger partial charge is 0.480 e. The van der Waals surface area contributed by atoms with Gasteiger partial charge in [-0.05, 0) is 20.3 Å². The molecule has 1 atom stereocenters. The molecule has 0 saturated carbocycles. The first-order chi connectivity index (χ1) is 8.36. The van der Waals surface area contributed by atoms with Crippen molar-refractivity contribution in [3.8, 4) is 0 Å². The average Bonchev–Trinajstić information content (AvgIpc) is 2.24. The Kier molecular flexibility index (Phi) is 7.18. The smallest absolute Gasteiger partial charge is 0.326 e. The third kappa shape index (κ3) is 7.26. The molecule has 0 aromatic heterocycles. The van der Waals surface area contributed by atoms with E-state index in [0.29, 0.717) is 0 Å². The third-order valence-electron chi connectivity index (χ3n) is 1.86. The molecule has 0 spiro atoms. The molecule has 4 N–H and O–H groups in total. The maximum Gasteiger partial charge on any atom is 0.326 e. The first-order valence-electron chi connectivity index (χ1n) is 5.54. The van der Waals surface area contributed by atoms with Gasteiger partial charge in [0.2, 0.25) is 5.91 Å². The lowest BCUT2D eigenvalue weighted by molar-refractivity contribution is -0.139. The Hall–Kier alpha value is -2.05. The number of carbonyl (C=O) groups excluding carboxylic acids is 2. The zero-order valence-corrected chi connectivity index (χ0v) is 10.5. The van der Waals surface area contributed by atoms with Gasteiger partial charge in [0.15, 0.2) is 0 Å². The first kappa shape index (κ1) is 16.0. The van der Waals surface area contributed by atoms with Gasteiger partial charge in [-0.15, -0.1) is 6.58 Å². The number of carbonyl (C=O) groups is 3. The van der Waals surface area contributed by atoms with Crippen molar-refractivity contribution < 1.29 is 19.5 Å². The lowest BCUT2D eigenvalue weighted by Crippen LogP contribution is -2.48. The number of aliphatic carboxylic acids is 1. The number of carboxylic acids is 1. The summed E-state index contributed by atoms with van der Waals surface area (Å²) in [7, 11) is 0. The normalized spacial score (nSPS) is 11.5. The van der Waals surface area contributed by atoms with E-state index in [2.05, 4.69) is 22.5 Å². The number of hydrogen-bond donors (Lipinski definition) is 4. The Morgan fingerprint density at radius 1 is 1.28 bits per heavy atom. The van der Waals surface area contributed by atoms with Crippen LogP contribution in [0.2, 0.25) is 0 Å². The third-order valence-corrected chi connectivity index (χ3v) is 1.86. The molecule has 0 aliphatic rings. The monoisotopic (exact) mass is 257 g/mol. The van der Waals surface area contributed by atoms with Crippen LogP contribution < -0.4 is 16.0 Å². The molecular weight excluding hydrogens is 238 g/mol. The summed E-state index contributed by atoms with van der Waals surface area (Å²) in [6.07, 6.45) is 1.51. The Balaban J connectivity index is 4.05. The van der Waals surface area contributed by atoms with Crippen molar-refractivity contribution in [3.63, 3.8) is 0 Å². The van der Waals surface area contributed by atoms with Crippen LogP contribution in [0.4, 0.5) is 4.79 Å². The summed E-state index contributed by atoms with van der Waals surface area (Å²) < 4.78 is 0. The van der Waals surface area contributed by atoms with Crippen LogP contribution >= 0.6 is 0 Å². The van der Waals surface area contributed by atoms with Gasteiger partial charge in [-0.1, -0.05) is 6.08 Å². The minimum absolute atomic E-state index is 0.0186. The predicted molar refractivity (Wildman–Crippen MR) is 66.1 cm³/mol. The zero-order valence-electron chi connectivity index (χ0n) is 10.5. The molecule has 0 aliphatic heterocycles. The highest BCUT2D eigenvalue weighted by Gasteiger charge is 2.18. The molecule has 0 saturated heterocycles. The highest BCUT2D eigenvalue weighted by atomic mass is 16.4. The van der Waals surface area contributed by atoms with Crippen LogP contribution in [0.1, 0.15) is 20.3 Å². The number of rotatable bonds is 7. The van der Waals surface area contributed by atoms with Gasteiger partial charge in [0.1, 0.15) is 6.04 Å². The van der Waals surface area contributed by atoms with E-state index in [1.807, 2.05) is 0 Å². The summed E-state index contributed by atoms with van der Waals surface area (Å²) in [5, 5.41) is 15.9. The van der Waals surface area contributed by atoms with E-state index in [1.54, 1.807) is 13.8 Å². The van der Waals surface area contributed by atoms with Gasteiger partial charge in [0.05, 0.1) is 6.54 Å². The molecular formula is C11H19N3O4. The summed E-state index contributed by atoms with van der Waals surface area (Å²) in [6.45, 7) is 6.78. The van der Waals surface area contributed by atoms with Crippen molar-refractivity contribution in [2.75, 3.05) is 6.54 Å². The van der Waals surface area contributed by atoms with Crippen molar-refractivity contribution >= 4 is 17.9 Å². The van der Waals surface area contributed by atoms with Gasteiger partial charge < -0.3 is 21.1 Å². The maximum atomic E-state index is 11.3. The van der Waals surface area contributed by atoms with Crippen LogP contribution in [0.3, 0.4) is 0 Å². The van der Waals surface area contributed by atoms with E-state index in [1.165, 1.54) is 6.08 Å². The van der Waals surface area contributed by atoms with E-state index in [0.717, 1.165) is 0 Å². The molecule has 0 bridgehead atoms. The Labute approximate surface area is 106 Å². The Morgan fingerprint density at radius 3 is 2.33 bits per heavy atom. The van der Waals surface area contributed by atoms with Crippen molar-refractivity contribution in [1.29, 1.82) is 0 Å². The van der Waals surface area contributed by atoms with Gasteiger partial charge in [-0.2, -0.15) is 0 Å². The lowest BCUT2D eigenvalue weighted by Gasteiger charge is -2.14. The van der Waals surface area contributed by atoms with Crippen molar-refractivity contribution in [3.05, 3.63) is 12.7 Å². The quantitative estimate of drug-likeness (QED) is 0.475. The molecule has 0 aromatic rings. The first-order valence-corrected chi connectivity index (χ1v) is 5.54. The minimum atomic E-state index is -1.16. The number of carboxylic acid groups (broad SMARTS) is 1. The molecule has 0 aromatic carbocycles. The van der Waals surface area contributed by atoms with Gasteiger partial charge in [0, 0.05) is 6.04 Å². The summed E-state index contributed by atoms with van der Waals surface area (Å²) in [5.41, 5.74) is 0. The Bertz CT molecular complexity index is 328. The number of amides is 3. The minimum Gasteiger partial charge on any atom is -0.480 e. The molecule has 18 heavy (non-hydrogen) atoms. The molecule has 0 aliphatic carbocycles. The van der Waals surface area contributed by atoms with Gasteiger partial charge in [-0.25, -0.2) is 9.59 Å². The van der Waals surface area contributed by atoms with Crippen LogP contribution in [-0.2, 0) is 9.59 Å². The van der Waals surface area contributed by atoms with Gasteiger partial charge >= 0.3 is 12.0 Å². The standard InChI is InChI=1S/C11H19N3O4/c1-4-5-8(10(16)17)14-11(18)12-6-9(15)13-7(2)3/h4,7-8H,1,5-6H2,2-3H3,(H,13,15)(H,16,17)(H2,12,14,18). The fourth-order valence-corrected chi connectivity index (χ4v) is 1.13. The summed E-state index contributed by atoms with van der Waals surface area (Å²) in [4.78, 5) is 33.3. The van der Waals surface area contributed by atoms with Crippen molar-refractivity contribution in [2.24, 2.45) is 0 Å². The zero-order chi connectivity index (χ0) is 14.1. The van der Waals surface area contributed by atoms with Crippen molar-refractivity contribution in [2.45, 2.75) is 32.4 Å². The van der Waals surface area contributed by atoms with E-state index < -0.39 is 18.0 Å². The fourth-order valence-electron chi connectivity index (χ4n) is 1.13. The molecule has 1 unspecified atom stereocenters. The summed E-state index contributed by atoms with van der Waals surface area (Å²) >= 11 is 0. The molecule has 3 amide bonds. The number of urea groups is 1. The van der Waals surface area contributed by atoms with E-state index in [-0.39, 0.29) is 24.9 Å². The molecule has 0 fully saturated rings. The second-order valence-corrected chi connectivity index (χ2v) is 3.96. The van der Waals surface area contributed by atoms with E-state index in [9.17, 15) is 14.4 Å². The van der Waals surface area contributed by atoms with Gasteiger partial charge in [0.25, 0.3) is 0 Å². The van der Waals surface area contributed by atoms with E-state index in [4.69, 9.17) is 5.11 Å². The summed E-state index contributed by atoms with van der Waals surface area (Å²) in [5.74, 6) is -1.49. The fraction of sp³-hybridized carbons (Fsp3) is 0.545. The second-order valence-electron chi connectivity index (χ2n) is 3.96. The van der Waals surface area contributed by atoms with Crippen LogP contribution in [0, 0.1) is 0 Å². The highest BCUT2D eigenvalue weighted by molar-refractivity contribution is 5.86. The predicted octanol–water partition coefficient (Wildman–Crippen LogP) is -0.160. The van der Waals surface area contributed by atoms with E-state index >= 15 is 0 Å². The SMILES string of the molecule is C=CCC(NC(=O)NCC(=O)NC(C)C)C(=O)O.